The lowest BCUT2D eigenvalue weighted by atomic mass is 10.2. The van der Waals surface area contributed by atoms with Gasteiger partial charge in [0.2, 0.25) is 10.0 Å². The molecule has 0 atom stereocenters. The molecule has 0 aliphatic heterocycles. The molecule has 0 amide bonds. The summed E-state index contributed by atoms with van der Waals surface area (Å²) in [6.07, 6.45) is 0.768. The van der Waals surface area contributed by atoms with Gasteiger partial charge in [0.05, 0.1) is 4.90 Å². The molecule has 6 heteroatoms. The van der Waals surface area contributed by atoms with Crippen LogP contribution in [0.15, 0.2) is 23.1 Å². The monoisotopic (exact) mass is 276 g/mol. The highest BCUT2D eigenvalue weighted by Crippen LogP contribution is 2.22. The number of benzene rings is 1. The number of hydrogen-bond acceptors (Lipinski definition) is 3. The highest BCUT2D eigenvalue weighted by Gasteiger charge is 2.20. The molecule has 0 aliphatic carbocycles. The van der Waals surface area contributed by atoms with Crippen molar-refractivity contribution in [2.24, 2.45) is 5.73 Å². The molecule has 0 fully saturated rings. The summed E-state index contributed by atoms with van der Waals surface area (Å²) in [6.45, 7) is 2.71. The standard InChI is InChI=1S/C11H17ClN2O2S/c1-3-6-14(2)17(15,16)10-5-4-9(8-13)11(12)7-10/h4-5,7H,3,6,8,13H2,1-2H3. The zero-order chi connectivity index (χ0) is 13.1. The quantitative estimate of drug-likeness (QED) is 0.892. The van der Waals surface area contributed by atoms with Crippen molar-refractivity contribution in [2.75, 3.05) is 13.6 Å². The Morgan fingerprint density at radius 3 is 2.53 bits per heavy atom. The van der Waals surface area contributed by atoms with E-state index in [9.17, 15) is 8.42 Å². The maximum absolute atomic E-state index is 12.1. The molecule has 1 rings (SSSR count). The third-order valence-corrected chi connectivity index (χ3v) is 4.70. The fraction of sp³-hybridized carbons (Fsp3) is 0.455. The summed E-state index contributed by atoms with van der Waals surface area (Å²) >= 11 is 5.95. The van der Waals surface area contributed by atoms with E-state index in [0.717, 1.165) is 12.0 Å². The number of halogens is 1. The molecule has 0 aromatic heterocycles. The smallest absolute Gasteiger partial charge is 0.242 e. The van der Waals surface area contributed by atoms with Crippen molar-refractivity contribution in [3.8, 4) is 0 Å². The minimum Gasteiger partial charge on any atom is -0.326 e. The van der Waals surface area contributed by atoms with Gasteiger partial charge in [-0.15, -0.1) is 0 Å². The molecule has 0 saturated carbocycles. The highest BCUT2D eigenvalue weighted by atomic mass is 35.5. The summed E-state index contributed by atoms with van der Waals surface area (Å²) in [6, 6.07) is 4.63. The zero-order valence-corrected chi connectivity index (χ0v) is 11.6. The lowest BCUT2D eigenvalue weighted by Crippen LogP contribution is -2.27. The summed E-state index contributed by atoms with van der Waals surface area (Å²) in [7, 11) is -1.88. The van der Waals surface area contributed by atoms with Gasteiger partial charge in [0.15, 0.2) is 0 Å². The second-order valence-electron chi connectivity index (χ2n) is 3.78. The molecule has 0 radical (unpaired) electrons. The molecule has 1 aromatic rings. The van der Waals surface area contributed by atoms with Gasteiger partial charge >= 0.3 is 0 Å². The van der Waals surface area contributed by atoms with E-state index in [4.69, 9.17) is 17.3 Å². The van der Waals surface area contributed by atoms with E-state index in [1.807, 2.05) is 6.92 Å². The molecule has 4 nitrogen and oxygen atoms in total. The van der Waals surface area contributed by atoms with Gasteiger partial charge < -0.3 is 5.73 Å². The molecule has 17 heavy (non-hydrogen) atoms. The minimum absolute atomic E-state index is 0.204. The predicted octanol–water partition coefficient (Wildman–Crippen LogP) is 1.83. The average molecular weight is 277 g/mol. The summed E-state index contributed by atoms with van der Waals surface area (Å²) in [5, 5.41) is 0.387. The molecule has 96 valence electrons. The molecule has 0 bridgehead atoms. The van der Waals surface area contributed by atoms with Crippen molar-refractivity contribution in [1.82, 2.24) is 4.31 Å². The second kappa shape index (κ2) is 5.82. The Labute approximate surface area is 107 Å². The lowest BCUT2D eigenvalue weighted by Gasteiger charge is -2.16. The third kappa shape index (κ3) is 3.19. The van der Waals surface area contributed by atoms with Crippen molar-refractivity contribution in [3.05, 3.63) is 28.8 Å². The maximum atomic E-state index is 12.1. The van der Waals surface area contributed by atoms with E-state index in [1.165, 1.54) is 16.4 Å². The predicted molar refractivity (Wildman–Crippen MR) is 69.5 cm³/mol. The van der Waals surface area contributed by atoms with Crippen LogP contribution in [0.3, 0.4) is 0 Å². The van der Waals surface area contributed by atoms with Crippen LogP contribution < -0.4 is 5.73 Å². The normalized spacial score (nSPS) is 12.1. The van der Waals surface area contributed by atoms with Crippen LogP contribution in [0.1, 0.15) is 18.9 Å². The largest absolute Gasteiger partial charge is 0.326 e. The first-order chi connectivity index (χ1) is 7.93. The minimum atomic E-state index is -3.44. The molecule has 0 spiro atoms. The van der Waals surface area contributed by atoms with Crippen LogP contribution >= 0.6 is 11.6 Å². The van der Waals surface area contributed by atoms with E-state index in [1.54, 1.807) is 13.1 Å². The van der Waals surface area contributed by atoms with Crippen LogP contribution in [-0.4, -0.2) is 26.3 Å². The Kier molecular flexibility index (Phi) is 4.94. The van der Waals surface area contributed by atoms with E-state index in [-0.39, 0.29) is 4.90 Å². The topological polar surface area (TPSA) is 63.4 Å². The van der Waals surface area contributed by atoms with Crippen molar-refractivity contribution < 1.29 is 8.42 Å². The van der Waals surface area contributed by atoms with Crippen LogP contribution in [0.25, 0.3) is 0 Å². The SMILES string of the molecule is CCCN(C)S(=O)(=O)c1ccc(CN)c(Cl)c1. The third-order valence-electron chi connectivity index (χ3n) is 2.49. The van der Waals surface area contributed by atoms with Crippen molar-refractivity contribution in [3.63, 3.8) is 0 Å². The van der Waals surface area contributed by atoms with Crippen molar-refractivity contribution in [2.45, 2.75) is 24.8 Å². The van der Waals surface area contributed by atoms with E-state index < -0.39 is 10.0 Å². The van der Waals surface area contributed by atoms with Gasteiger partial charge in [-0.1, -0.05) is 24.6 Å². The van der Waals surface area contributed by atoms with E-state index in [0.29, 0.717) is 18.1 Å². The molecular weight excluding hydrogens is 260 g/mol. The van der Waals surface area contributed by atoms with Crippen molar-refractivity contribution in [1.29, 1.82) is 0 Å². The first-order valence-corrected chi connectivity index (χ1v) is 7.20. The Morgan fingerprint density at radius 2 is 2.06 bits per heavy atom. The lowest BCUT2D eigenvalue weighted by molar-refractivity contribution is 0.468. The van der Waals surface area contributed by atoms with E-state index in [2.05, 4.69) is 0 Å². The van der Waals surface area contributed by atoms with Gasteiger partial charge in [-0.3, -0.25) is 0 Å². The molecule has 0 heterocycles. The van der Waals surface area contributed by atoms with Gasteiger partial charge in [-0.25, -0.2) is 12.7 Å². The molecule has 0 aliphatic rings. The van der Waals surface area contributed by atoms with Crippen molar-refractivity contribution >= 4 is 21.6 Å². The van der Waals surface area contributed by atoms with Gasteiger partial charge in [-0.2, -0.15) is 0 Å². The van der Waals surface area contributed by atoms with Crippen LogP contribution in [0.2, 0.25) is 5.02 Å². The molecule has 1 aromatic carbocycles. The Morgan fingerprint density at radius 1 is 1.41 bits per heavy atom. The fourth-order valence-corrected chi connectivity index (χ4v) is 3.08. The Hall–Kier alpha value is -0.620. The maximum Gasteiger partial charge on any atom is 0.242 e. The van der Waals surface area contributed by atoms with Gasteiger partial charge in [-0.05, 0) is 24.1 Å². The first kappa shape index (κ1) is 14.4. The molecule has 2 N–H and O–H groups in total. The Bertz CT molecular complexity index is 488. The average Bonchev–Trinajstić information content (AvgIpc) is 2.29. The summed E-state index contributed by atoms with van der Waals surface area (Å²) in [4.78, 5) is 0.204. The van der Waals surface area contributed by atoms with E-state index >= 15 is 0 Å². The molecule has 0 saturated heterocycles. The number of nitrogens with two attached hydrogens (primary N) is 1. The summed E-state index contributed by atoms with van der Waals surface area (Å²) in [5.74, 6) is 0. The van der Waals surface area contributed by atoms with Gasteiger partial charge in [0.1, 0.15) is 0 Å². The van der Waals surface area contributed by atoms with Crippen LogP contribution in [0.5, 0.6) is 0 Å². The van der Waals surface area contributed by atoms with Crippen LogP contribution in [-0.2, 0) is 16.6 Å². The first-order valence-electron chi connectivity index (χ1n) is 5.38. The van der Waals surface area contributed by atoms with Crippen LogP contribution in [0, 0.1) is 0 Å². The number of hydrogen-bond donors (Lipinski definition) is 1. The highest BCUT2D eigenvalue weighted by molar-refractivity contribution is 7.89. The summed E-state index contributed by atoms with van der Waals surface area (Å²) in [5.41, 5.74) is 6.21. The number of sulfonamides is 1. The van der Waals surface area contributed by atoms with Crippen LogP contribution in [0.4, 0.5) is 0 Å². The fourth-order valence-electron chi connectivity index (χ4n) is 1.47. The molecule has 0 unspecified atom stereocenters. The second-order valence-corrected chi connectivity index (χ2v) is 6.24. The van der Waals surface area contributed by atoms with Gasteiger partial charge in [0, 0.05) is 25.2 Å². The Balaban J connectivity index is 3.12. The number of nitrogens with zero attached hydrogens (tertiary/aromatic N) is 1. The summed E-state index contributed by atoms with van der Waals surface area (Å²) < 4.78 is 25.5. The van der Waals surface area contributed by atoms with Gasteiger partial charge in [0.25, 0.3) is 0 Å². The molecular formula is C11H17ClN2O2S. The number of rotatable bonds is 5. The zero-order valence-electron chi connectivity index (χ0n) is 9.98.